The molecule has 1 N–H and O–H groups in total. The Morgan fingerprint density at radius 1 is 1.24 bits per heavy atom. The van der Waals surface area contributed by atoms with Crippen LogP contribution in [0.3, 0.4) is 0 Å². The van der Waals surface area contributed by atoms with E-state index in [0.717, 1.165) is 38.5 Å². The van der Waals surface area contributed by atoms with E-state index in [1.165, 1.54) is 4.31 Å². The van der Waals surface area contributed by atoms with Gasteiger partial charge in [0.05, 0.1) is 6.61 Å². The van der Waals surface area contributed by atoms with Gasteiger partial charge in [0.15, 0.2) is 0 Å². The predicted octanol–water partition coefficient (Wildman–Crippen LogP) is 1.08. The van der Waals surface area contributed by atoms with Gasteiger partial charge in [-0.2, -0.15) is 17.4 Å². The van der Waals surface area contributed by atoms with Gasteiger partial charge in [-0.3, -0.25) is 4.79 Å². The lowest BCUT2D eigenvalue weighted by Gasteiger charge is -2.40. The van der Waals surface area contributed by atoms with Crippen molar-refractivity contribution in [2.75, 3.05) is 26.8 Å². The molecule has 0 bridgehead atoms. The van der Waals surface area contributed by atoms with E-state index in [4.69, 9.17) is 4.74 Å². The first-order valence-corrected chi connectivity index (χ1v) is 9.28. The van der Waals surface area contributed by atoms with Gasteiger partial charge in [-0.05, 0) is 25.7 Å². The molecule has 1 heterocycles. The van der Waals surface area contributed by atoms with Crippen LogP contribution in [-0.4, -0.2) is 51.4 Å². The van der Waals surface area contributed by atoms with E-state index in [1.807, 2.05) is 0 Å². The van der Waals surface area contributed by atoms with Crippen LogP contribution in [0.1, 0.15) is 44.9 Å². The molecule has 7 heteroatoms. The van der Waals surface area contributed by atoms with Crippen LogP contribution in [0.4, 0.5) is 0 Å². The summed E-state index contributed by atoms with van der Waals surface area (Å²) in [4.78, 5) is 12.2. The summed E-state index contributed by atoms with van der Waals surface area (Å²) in [7, 11) is -1.99. The predicted molar refractivity (Wildman–Crippen MR) is 80.1 cm³/mol. The van der Waals surface area contributed by atoms with Crippen LogP contribution >= 0.6 is 0 Å². The van der Waals surface area contributed by atoms with Crippen molar-refractivity contribution in [1.82, 2.24) is 9.03 Å². The quantitative estimate of drug-likeness (QED) is 0.744. The van der Waals surface area contributed by atoms with Gasteiger partial charge in [-0.15, -0.1) is 0 Å². The van der Waals surface area contributed by atoms with Crippen LogP contribution in [-0.2, 0) is 19.7 Å². The van der Waals surface area contributed by atoms with E-state index >= 15 is 0 Å². The summed E-state index contributed by atoms with van der Waals surface area (Å²) in [6.07, 6.45) is 6.06. The zero-order chi connectivity index (χ0) is 15.3. The molecule has 0 radical (unpaired) electrons. The minimum absolute atomic E-state index is 0.113. The van der Waals surface area contributed by atoms with Crippen molar-refractivity contribution in [3.8, 4) is 0 Å². The second kappa shape index (κ2) is 7.67. The van der Waals surface area contributed by atoms with Crippen molar-refractivity contribution in [2.45, 2.75) is 51.0 Å². The highest BCUT2D eigenvalue weighted by Gasteiger charge is 2.40. The van der Waals surface area contributed by atoms with Gasteiger partial charge < -0.3 is 4.74 Å². The molecule has 1 aliphatic carbocycles. The number of ketones is 1. The van der Waals surface area contributed by atoms with Gasteiger partial charge >= 0.3 is 0 Å². The Bertz CT molecular complexity index is 452. The summed E-state index contributed by atoms with van der Waals surface area (Å²) in [5.74, 6) is 0.128. The number of ether oxygens (including phenoxy) is 1. The summed E-state index contributed by atoms with van der Waals surface area (Å²) < 4.78 is 33.9. The largest absolute Gasteiger partial charge is 0.383 e. The van der Waals surface area contributed by atoms with Crippen LogP contribution in [0.25, 0.3) is 0 Å². The van der Waals surface area contributed by atoms with Crippen molar-refractivity contribution in [3.63, 3.8) is 0 Å². The van der Waals surface area contributed by atoms with Crippen LogP contribution in [0.2, 0.25) is 0 Å². The van der Waals surface area contributed by atoms with Gasteiger partial charge in [-0.1, -0.05) is 12.8 Å². The molecule has 0 aromatic carbocycles. The van der Waals surface area contributed by atoms with Crippen molar-refractivity contribution < 1.29 is 17.9 Å². The number of nitrogens with zero attached hydrogens (tertiary/aromatic N) is 1. The third-order valence-corrected chi connectivity index (χ3v) is 6.10. The number of piperidine rings is 1. The van der Waals surface area contributed by atoms with E-state index in [2.05, 4.69) is 4.72 Å². The zero-order valence-corrected chi connectivity index (χ0v) is 13.5. The van der Waals surface area contributed by atoms with E-state index < -0.39 is 10.2 Å². The normalized spacial score (nSPS) is 28.7. The number of rotatable bonds is 6. The van der Waals surface area contributed by atoms with Crippen molar-refractivity contribution in [1.29, 1.82) is 0 Å². The summed E-state index contributed by atoms with van der Waals surface area (Å²) in [6.45, 7) is 1.12. The second-order valence-corrected chi connectivity index (χ2v) is 7.59. The standard InChI is InChI=1S/C14H26N2O4S/c1-20-11-9-15-21(18,19)16-10-5-4-7-13(16)12-6-2-3-8-14(12)17/h12-13,15H,2-11H2,1H3. The third-order valence-electron chi connectivity index (χ3n) is 4.46. The maximum atomic E-state index is 12.5. The molecule has 21 heavy (non-hydrogen) atoms. The molecule has 1 saturated carbocycles. The molecule has 0 spiro atoms. The maximum absolute atomic E-state index is 12.5. The van der Waals surface area contributed by atoms with Gasteiger partial charge in [-0.25, -0.2) is 0 Å². The Balaban J connectivity index is 2.09. The average Bonchev–Trinajstić information content (AvgIpc) is 2.48. The van der Waals surface area contributed by atoms with Crippen LogP contribution < -0.4 is 4.72 Å². The number of methoxy groups -OCH3 is 1. The molecule has 2 atom stereocenters. The number of carbonyl (C=O) groups excluding carboxylic acids is 1. The molecule has 2 rings (SSSR count). The smallest absolute Gasteiger partial charge is 0.279 e. The summed E-state index contributed by atoms with van der Waals surface area (Å²) in [5.41, 5.74) is 0. The van der Waals surface area contributed by atoms with Crippen LogP contribution in [0.15, 0.2) is 0 Å². The molecule has 1 aliphatic heterocycles. The second-order valence-electron chi connectivity index (χ2n) is 5.88. The number of hydrogen-bond acceptors (Lipinski definition) is 4. The van der Waals surface area contributed by atoms with Gasteiger partial charge in [0.25, 0.3) is 10.2 Å². The zero-order valence-electron chi connectivity index (χ0n) is 12.7. The minimum atomic E-state index is -3.53. The lowest BCUT2D eigenvalue weighted by Crippen LogP contribution is -2.53. The van der Waals surface area contributed by atoms with Crippen molar-refractivity contribution in [2.24, 2.45) is 5.92 Å². The van der Waals surface area contributed by atoms with E-state index in [1.54, 1.807) is 7.11 Å². The van der Waals surface area contributed by atoms with Crippen molar-refractivity contribution >= 4 is 16.0 Å². The topological polar surface area (TPSA) is 75.7 Å². The Labute approximate surface area is 127 Å². The first-order chi connectivity index (χ1) is 10.1. The van der Waals surface area contributed by atoms with Crippen molar-refractivity contribution in [3.05, 3.63) is 0 Å². The summed E-state index contributed by atoms with van der Waals surface area (Å²) in [6, 6.07) is -0.161. The number of hydrogen-bond donors (Lipinski definition) is 1. The molecule has 1 saturated heterocycles. The Morgan fingerprint density at radius 2 is 2.00 bits per heavy atom. The number of Topliss-reactive ketones (excluding diaryl/α,β-unsaturated/α-hetero) is 1. The molecular formula is C14H26N2O4S. The van der Waals surface area contributed by atoms with E-state index in [9.17, 15) is 13.2 Å². The highest BCUT2D eigenvalue weighted by molar-refractivity contribution is 7.87. The molecule has 2 fully saturated rings. The van der Waals surface area contributed by atoms with Gasteiger partial charge in [0, 0.05) is 38.6 Å². The molecule has 0 aromatic rings. The van der Waals surface area contributed by atoms with E-state index in [0.29, 0.717) is 19.6 Å². The highest BCUT2D eigenvalue weighted by Crippen LogP contribution is 2.32. The molecule has 2 aliphatic rings. The molecule has 0 amide bonds. The fourth-order valence-corrected chi connectivity index (χ4v) is 4.89. The molecule has 122 valence electrons. The maximum Gasteiger partial charge on any atom is 0.279 e. The summed E-state index contributed by atoms with van der Waals surface area (Å²) >= 11 is 0. The number of nitrogens with one attached hydrogen (secondary N) is 1. The van der Waals surface area contributed by atoms with Crippen LogP contribution in [0, 0.1) is 5.92 Å². The molecule has 0 aromatic heterocycles. The fraction of sp³-hybridized carbons (Fsp3) is 0.929. The Hall–Kier alpha value is -0.500. The van der Waals surface area contributed by atoms with Gasteiger partial charge in [0.2, 0.25) is 0 Å². The summed E-state index contributed by atoms with van der Waals surface area (Å²) in [5, 5.41) is 0. The fourth-order valence-electron chi connectivity index (χ4n) is 3.40. The third kappa shape index (κ3) is 4.25. The average molecular weight is 318 g/mol. The SMILES string of the molecule is COCCNS(=O)(=O)N1CCCCC1C1CCCCC1=O. The van der Waals surface area contributed by atoms with E-state index in [-0.39, 0.29) is 24.3 Å². The number of carbonyl (C=O) groups is 1. The highest BCUT2D eigenvalue weighted by atomic mass is 32.2. The monoisotopic (exact) mass is 318 g/mol. The first-order valence-electron chi connectivity index (χ1n) is 7.84. The van der Waals surface area contributed by atoms with Crippen LogP contribution in [0.5, 0.6) is 0 Å². The lowest BCUT2D eigenvalue weighted by atomic mass is 9.80. The molecule has 2 unspecified atom stereocenters. The van der Waals surface area contributed by atoms with Gasteiger partial charge in [0.1, 0.15) is 5.78 Å². The first kappa shape index (κ1) is 16.9. The Morgan fingerprint density at radius 3 is 2.71 bits per heavy atom. The minimum Gasteiger partial charge on any atom is -0.383 e. The molecular weight excluding hydrogens is 292 g/mol. The lowest BCUT2D eigenvalue weighted by molar-refractivity contribution is -0.126. The molecule has 6 nitrogen and oxygen atoms in total. The Kier molecular flexibility index (Phi) is 6.16.